The first kappa shape index (κ1) is 20.8. The lowest BCUT2D eigenvalue weighted by molar-refractivity contribution is -0.147. The minimum Gasteiger partial charge on any atom is -0.456 e. The zero-order chi connectivity index (χ0) is 20.8. The van der Waals surface area contributed by atoms with Crippen molar-refractivity contribution in [1.29, 1.82) is 5.26 Å². The van der Waals surface area contributed by atoms with Gasteiger partial charge in [-0.05, 0) is 43.5 Å². The number of rotatable bonds is 6. The van der Waals surface area contributed by atoms with Crippen LogP contribution in [-0.4, -0.2) is 23.5 Å². The fourth-order valence-electron chi connectivity index (χ4n) is 2.64. The third-order valence-electron chi connectivity index (χ3n) is 4.07. The summed E-state index contributed by atoms with van der Waals surface area (Å²) in [6, 6.07) is 4.48. The van der Waals surface area contributed by atoms with E-state index >= 15 is 0 Å². The molecule has 0 spiro atoms. The number of aromatic nitrogens is 1. The van der Waals surface area contributed by atoms with Gasteiger partial charge in [0.25, 0.3) is 11.5 Å². The molecule has 0 saturated heterocycles. The van der Waals surface area contributed by atoms with E-state index in [0.717, 1.165) is 12.1 Å². The average Bonchev–Trinajstić information content (AvgIpc) is 2.62. The maximum atomic E-state index is 13.5. The van der Waals surface area contributed by atoms with E-state index in [0.29, 0.717) is 22.9 Å². The normalized spacial score (nSPS) is 10.2. The number of benzene rings is 1. The van der Waals surface area contributed by atoms with E-state index in [1.54, 1.807) is 13.8 Å². The molecule has 2 rings (SSSR count). The highest BCUT2D eigenvalue weighted by atomic mass is 19.1. The Morgan fingerprint density at radius 3 is 2.64 bits per heavy atom. The summed E-state index contributed by atoms with van der Waals surface area (Å²) in [6.45, 7) is 2.63. The number of aromatic amines is 1. The smallest absolute Gasteiger partial charge is 0.306 e. The highest BCUT2D eigenvalue weighted by Crippen LogP contribution is 2.16. The first-order valence-electron chi connectivity index (χ1n) is 8.26. The maximum absolute atomic E-state index is 13.5. The number of carbonyl (C=O) groups is 2. The van der Waals surface area contributed by atoms with E-state index in [1.807, 2.05) is 6.07 Å². The van der Waals surface area contributed by atoms with Crippen LogP contribution in [0.2, 0.25) is 0 Å². The van der Waals surface area contributed by atoms with Crippen LogP contribution in [0.25, 0.3) is 0 Å². The summed E-state index contributed by atoms with van der Waals surface area (Å²) in [6.07, 6.45) is 0.118. The van der Waals surface area contributed by atoms with Gasteiger partial charge in [-0.3, -0.25) is 14.4 Å². The lowest BCUT2D eigenvalue weighted by Gasteiger charge is -2.11. The van der Waals surface area contributed by atoms with Crippen LogP contribution in [0.1, 0.15) is 28.8 Å². The fourth-order valence-corrected chi connectivity index (χ4v) is 2.64. The molecule has 0 saturated carbocycles. The Hall–Kier alpha value is -3.54. The van der Waals surface area contributed by atoms with Crippen LogP contribution >= 0.6 is 0 Å². The van der Waals surface area contributed by atoms with Crippen LogP contribution in [0, 0.1) is 36.8 Å². The van der Waals surface area contributed by atoms with Gasteiger partial charge in [-0.1, -0.05) is 0 Å². The van der Waals surface area contributed by atoms with E-state index in [2.05, 4.69) is 10.3 Å². The third kappa shape index (κ3) is 5.01. The van der Waals surface area contributed by atoms with Crippen LogP contribution in [0.15, 0.2) is 23.0 Å². The molecule has 0 aliphatic heterocycles. The molecular formula is C19H17F2N3O4. The molecule has 1 amide bonds. The zero-order valence-corrected chi connectivity index (χ0v) is 15.2. The minimum absolute atomic E-state index is 0.0188. The monoisotopic (exact) mass is 389 g/mol. The number of pyridine rings is 1. The Morgan fingerprint density at radius 1 is 1.29 bits per heavy atom. The van der Waals surface area contributed by atoms with E-state index < -0.39 is 35.7 Å². The Kier molecular flexibility index (Phi) is 6.60. The molecule has 9 heteroatoms. The molecule has 0 aliphatic rings. The molecule has 0 aliphatic carbocycles. The van der Waals surface area contributed by atoms with Gasteiger partial charge >= 0.3 is 5.97 Å². The van der Waals surface area contributed by atoms with Crippen LogP contribution < -0.4 is 10.9 Å². The second kappa shape index (κ2) is 8.90. The number of anilines is 1. The van der Waals surface area contributed by atoms with Crippen molar-refractivity contribution in [2.45, 2.75) is 26.7 Å². The van der Waals surface area contributed by atoms with Crippen molar-refractivity contribution in [3.63, 3.8) is 0 Å². The minimum atomic E-state index is -0.947. The van der Waals surface area contributed by atoms with Gasteiger partial charge in [0.1, 0.15) is 23.3 Å². The highest BCUT2D eigenvalue weighted by molar-refractivity contribution is 5.92. The van der Waals surface area contributed by atoms with E-state index in [1.165, 1.54) is 0 Å². The number of nitriles is 1. The number of aryl methyl sites for hydroxylation is 1. The number of H-pyrrole nitrogens is 1. The van der Waals surface area contributed by atoms with Gasteiger partial charge in [-0.25, -0.2) is 8.78 Å². The molecule has 1 heterocycles. The number of esters is 1. The molecule has 1 aromatic carbocycles. The number of ether oxygens (including phenoxy) is 1. The lowest BCUT2D eigenvalue weighted by Crippen LogP contribution is -2.22. The van der Waals surface area contributed by atoms with Gasteiger partial charge in [0, 0.05) is 18.2 Å². The predicted molar refractivity (Wildman–Crippen MR) is 95.5 cm³/mol. The van der Waals surface area contributed by atoms with Crippen molar-refractivity contribution in [3.05, 3.63) is 62.6 Å². The third-order valence-corrected chi connectivity index (χ3v) is 4.07. The Balaban J connectivity index is 1.91. The van der Waals surface area contributed by atoms with Gasteiger partial charge in [0.05, 0.1) is 5.69 Å². The molecule has 28 heavy (non-hydrogen) atoms. The van der Waals surface area contributed by atoms with Crippen LogP contribution in [-0.2, 0) is 20.7 Å². The summed E-state index contributed by atoms with van der Waals surface area (Å²) in [5, 5.41) is 11.2. The summed E-state index contributed by atoms with van der Waals surface area (Å²) in [5.41, 5.74) is 0.931. The molecule has 1 aromatic heterocycles. The van der Waals surface area contributed by atoms with E-state index in [4.69, 9.17) is 10.00 Å². The first-order valence-corrected chi connectivity index (χ1v) is 8.26. The maximum Gasteiger partial charge on any atom is 0.306 e. The van der Waals surface area contributed by atoms with Gasteiger partial charge in [0.2, 0.25) is 0 Å². The largest absolute Gasteiger partial charge is 0.456 e. The van der Waals surface area contributed by atoms with Crippen molar-refractivity contribution < 1.29 is 23.1 Å². The van der Waals surface area contributed by atoms with Crippen LogP contribution in [0.3, 0.4) is 0 Å². The van der Waals surface area contributed by atoms with E-state index in [-0.39, 0.29) is 24.1 Å². The average molecular weight is 389 g/mol. The van der Waals surface area contributed by atoms with Gasteiger partial charge in [0.15, 0.2) is 6.61 Å². The quantitative estimate of drug-likeness (QED) is 0.736. The van der Waals surface area contributed by atoms with Crippen LogP contribution in [0.4, 0.5) is 14.5 Å². The number of hydrogen-bond acceptors (Lipinski definition) is 5. The summed E-state index contributed by atoms with van der Waals surface area (Å²) in [7, 11) is 0. The molecule has 0 unspecified atom stereocenters. The number of nitrogens with zero attached hydrogens (tertiary/aromatic N) is 1. The number of amides is 1. The molecule has 2 N–H and O–H groups in total. The van der Waals surface area contributed by atoms with Gasteiger partial charge in [-0.15, -0.1) is 0 Å². The molecule has 146 valence electrons. The molecule has 0 radical (unpaired) electrons. The van der Waals surface area contributed by atoms with Gasteiger partial charge in [-0.2, -0.15) is 5.26 Å². The number of carbonyl (C=O) groups excluding carboxylic acids is 2. The summed E-state index contributed by atoms with van der Waals surface area (Å²) < 4.78 is 31.1. The first-order chi connectivity index (χ1) is 13.2. The number of halogens is 2. The fraction of sp³-hybridized carbons (Fsp3) is 0.263. The van der Waals surface area contributed by atoms with Gasteiger partial charge < -0.3 is 15.0 Å². The molecular weight excluding hydrogens is 372 g/mol. The second-order valence-electron chi connectivity index (χ2n) is 6.00. The standard InChI is InChI=1S/C19H17F2N3O4/c1-10-13(11(2)23-19(27)14(10)8-22)4-6-18(26)28-9-17(25)24-16-5-3-12(20)7-15(16)21/h3,5,7H,4,6,9H2,1-2H3,(H,23,27)(H,24,25). The predicted octanol–water partition coefficient (Wildman–Crippen LogP) is 2.26. The second-order valence-corrected chi connectivity index (χ2v) is 6.00. The number of hydrogen-bond donors (Lipinski definition) is 2. The van der Waals surface area contributed by atoms with Crippen molar-refractivity contribution in [1.82, 2.24) is 4.98 Å². The van der Waals surface area contributed by atoms with Crippen molar-refractivity contribution in [2.24, 2.45) is 0 Å². The molecule has 2 aromatic rings. The lowest BCUT2D eigenvalue weighted by atomic mass is 9.99. The van der Waals surface area contributed by atoms with Crippen molar-refractivity contribution in [3.8, 4) is 6.07 Å². The summed E-state index contributed by atoms with van der Waals surface area (Å²) in [5.74, 6) is -3.19. The summed E-state index contributed by atoms with van der Waals surface area (Å²) >= 11 is 0. The highest BCUT2D eigenvalue weighted by Gasteiger charge is 2.15. The molecule has 0 atom stereocenters. The van der Waals surface area contributed by atoms with E-state index in [9.17, 15) is 23.2 Å². The molecule has 0 fully saturated rings. The van der Waals surface area contributed by atoms with Crippen molar-refractivity contribution in [2.75, 3.05) is 11.9 Å². The Labute approximate surface area is 158 Å². The topological polar surface area (TPSA) is 112 Å². The molecule has 0 bridgehead atoms. The summed E-state index contributed by atoms with van der Waals surface area (Å²) in [4.78, 5) is 37.8. The van der Waals surface area contributed by atoms with Crippen LogP contribution in [0.5, 0.6) is 0 Å². The number of nitrogens with one attached hydrogen (secondary N) is 2. The Bertz CT molecular complexity index is 1030. The van der Waals surface area contributed by atoms with Crippen molar-refractivity contribution >= 4 is 17.6 Å². The zero-order valence-electron chi connectivity index (χ0n) is 15.2. The SMILES string of the molecule is Cc1[nH]c(=O)c(C#N)c(C)c1CCC(=O)OCC(=O)Nc1ccc(F)cc1F. The Morgan fingerprint density at radius 2 is 2.00 bits per heavy atom. The molecule has 7 nitrogen and oxygen atoms in total.